The van der Waals surface area contributed by atoms with Gasteiger partial charge in [0.2, 0.25) is 5.91 Å². The van der Waals surface area contributed by atoms with Crippen molar-refractivity contribution in [3.05, 3.63) is 71.8 Å². The molecule has 2 aromatic rings. The monoisotopic (exact) mass is 294 g/mol. The van der Waals surface area contributed by atoms with Gasteiger partial charge in [-0.1, -0.05) is 60.7 Å². The molecule has 0 radical (unpaired) electrons. The van der Waals surface area contributed by atoms with Crippen LogP contribution in [0.3, 0.4) is 0 Å². The Labute approximate surface area is 131 Å². The van der Waals surface area contributed by atoms with E-state index < -0.39 is 0 Å². The Morgan fingerprint density at radius 3 is 2.00 bits per heavy atom. The van der Waals surface area contributed by atoms with Crippen LogP contribution in [0.25, 0.3) is 0 Å². The fourth-order valence-corrected chi connectivity index (χ4v) is 3.67. The first kappa shape index (κ1) is 14.8. The minimum Gasteiger partial charge on any atom is -0.369 e. The summed E-state index contributed by atoms with van der Waals surface area (Å²) in [6, 6.07) is 20.9. The van der Waals surface area contributed by atoms with E-state index in [1.165, 1.54) is 11.1 Å². The summed E-state index contributed by atoms with van der Waals surface area (Å²) >= 11 is 0. The van der Waals surface area contributed by atoms with Crippen LogP contribution in [-0.4, -0.2) is 24.4 Å². The second-order valence-corrected chi connectivity index (χ2v) is 6.11. The summed E-state index contributed by atoms with van der Waals surface area (Å²) in [6.45, 7) is 0.859. The van der Waals surface area contributed by atoms with Gasteiger partial charge in [-0.15, -0.1) is 0 Å². The summed E-state index contributed by atoms with van der Waals surface area (Å²) in [6.07, 6.45) is 1.56. The molecular formula is C19H22N2O. The molecule has 1 saturated heterocycles. The number of hydrogen-bond donors (Lipinski definition) is 1. The molecule has 1 atom stereocenters. The smallest absolute Gasteiger partial charge is 0.220 e. The highest BCUT2D eigenvalue weighted by Crippen LogP contribution is 2.44. The largest absolute Gasteiger partial charge is 0.369 e. The average Bonchev–Trinajstić information content (AvgIpc) is 2.57. The van der Waals surface area contributed by atoms with Crippen LogP contribution in [0.5, 0.6) is 0 Å². The van der Waals surface area contributed by atoms with Gasteiger partial charge in [0.05, 0.1) is 5.54 Å². The summed E-state index contributed by atoms with van der Waals surface area (Å²) in [7, 11) is 2.14. The number of hydrogen-bond acceptors (Lipinski definition) is 2. The number of likely N-dealkylation sites (tertiary alicyclic amines) is 1. The molecule has 114 valence electrons. The molecule has 3 rings (SSSR count). The molecule has 2 N–H and O–H groups in total. The predicted molar refractivity (Wildman–Crippen MR) is 88.2 cm³/mol. The van der Waals surface area contributed by atoms with E-state index >= 15 is 0 Å². The number of primary amides is 1. The van der Waals surface area contributed by atoms with Crippen molar-refractivity contribution in [2.24, 2.45) is 11.7 Å². The molecular weight excluding hydrogens is 272 g/mol. The zero-order valence-electron chi connectivity index (χ0n) is 12.9. The number of amides is 1. The van der Waals surface area contributed by atoms with Gasteiger partial charge in [-0.2, -0.15) is 0 Å². The van der Waals surface area contributed by atoms with Crippen molar-refractivity contribution in [2.75, 3.05) is 13.6 Å². The van der Waals surface area contributed by atoms with Gasteiger partial charge in [-0.3, -0.25) is 9.69 Å². The van der Waals surface area contributed by atoms with Gasteiger partial charge in [-0.25, -0.2) is 0 Å². The summed E-state index contributed by atoms with van der Waals surface area (Å²) in [5.41, 5.74) is 7.78. The van der Waals surface area contributed by atoms with Gasteiger partial charge in [0.1, 0.15) is 0 Å². The number of rotatable bonds is 3. The van der Waals surface area contributed by atoms with Crippen LogP contribution < -0.4 is 5.73 Å². The highest BCUT2D eigenvalue weighted by Gasteiger charge is 2.44. The van der Waals surface area contributed by atoms with Gasteiger partial charge in [0.15, 0.2) is 0 Å². The minimum atomic E-state index is -0.291. The maximum atomic E-state index is 11.8. The first-order valence-corrected chi connectivity index (χ1v) is 7.76. The van der Waals surface area contributed by atoms with E-state index in [1.807, 2.05) is 12.1 Å². The Bertz CT molecular complexity index is 599. The van der Waals surface area contributed by atoms with Crippen LogP contribution in [0.1, 0.15) is 24.0 Å². The van der Waals surface area contributed by atoms with E-state index in [4.69, 9.17) is 5.73 Å². The molecule has 1 aliphatic heterocycles. The highest BCUT2D eigenvalue weighted by molar-refractivity contribution is 5.77. The predicted octanol–water partition coefficient (Wildman–Crippen LogP) is 2.76. The third kappa shape index (κ3) is 2.42. The molecule has 1 heterocycles. The maximum absolute atomic E-state index is 11.8. The van der Waals surface area contributed by atoms with Crippen molar-refractivity contribution in [2.45, 2.75) is 18.4 Å². The number of nitrogens with zero attached hydrogens (tertiary/aromatic N) is 1. The molecule has 0 bridgehead atoms. The average molecular weight is 294 g/mol. The summed E-state index contributed by atoms with van der Waals surface area (Å²) in [5, 5.41) is 0. The molecule has 3 nitrogen and oxygen atoms in total. The lowest BCUT2D eigenvalue weighted by atomic mass is 9.71. The molecule has 0 aromatic heterocycles. The molecule has 2 aromatic carbocycles. The Kier molecular flexibility index (Phi) is 3.99. The van der Waals surface area contributed by atoms with Gasteiger partial charge in [-0.05, 0) is 37.6 Å². The van der Waals surface area contributed by atoms with E-state index in [1.54, 1.807) is 0 Å². The lowest BCUT2D eigenvalue weighted by Gasteiger charge is -2.48. The SMILES string of the molecule is CN1CCC(C(N)=O)CC1(c1ccccc1)c1ccccc1. The Morgan fingerprint density at radius 1 is 1.05 bits per heavy atom. The van der Waals surface area contributed by atoms with E-state index in [9.17, 15) is 4.79 Å². The number of carbonyl (C=O) groups is 1. The van der Waals surface area contributed by atoms with Crippen LogP contribution >= 0.6 is 0 Å². The Balaban J connectivity index is 2.16. The van der Waals surface area contributed by atoms with Crippen LogP contribution in [0.4, 0.5) is 0 Å². The topological polar surface area (TPSA) is 46.3 Å². The van der Waals surface area contributed by atoms with Crippen molar-refractivity contribution >= 4 is 5.91 Å². The molecule has 3 heteroatoms. The molecule has 1 amide bonds. The van der Waals surface area contributed by atoms with Crippen molar-refractivity contribution < 1.29 is 4.79 Å². The Hall–Kier alpha value is -2.13. The van der Waals surface area contributed by atoms with Gasteiger partial charge in [0, 0.05) is 5.92 Å². The lowest BCUT2D eigenvalue weighted by Crippen LogP contribution is -2.52. The van der Waals surface area contributed by atoms with E-state index in [-0.39, 0.29) is 17.4 Å². The number of carbonyl (C=O) groups excluding carboxylic acids is 1. The second kappa shape index (κ2) is 5.93. The van der Waals surface area contributed by atoms with Crippen molar-refractivity contribution in [3.63, 3.8) is 0 Å². The van der Waals surface area contributed by atoms with Crippen molar-refractivity contribution in [1.82, 2.24) is 4.90 Å². The summed E-state index contributed by atoms with van der Waals surface area (Å²) < 4.78 is 0. The zero-order valence-corrected chi connectivity index (χ0v) is 12.9. The van der Waals surface area contributed by atoms with E-state index in [2.05, 4.69) is 60.5 Å². The molecule has 0 spiro atoms. The van der Waals surface area contributed by atoms with Crippen molar-refractivity contribution in [3.8, 4) is 0 Å². The summed E-state index contributed by atoms with van der Waals surface area (Å²) in [4.78, 5) is 14.2. The van der Waals surface area contributed by atoms with E-state index in [0.717, 1.165) is 19.4 Å². The third-order valence-corrected chi connectivity index (χ3v) is 4.91. The molecule has 22 heavy (non-hydrogen) atoms. The number of nitrogens with two attached hydrogens (primary N) is 1. The van der Waals surface area contributed by atoms with Crippen molar-refractivity contribution in [1.29, 1.82) is 0 Å². The third-order valence-electron chi connectivity index (χ3n) is 4.91. The minimum absolute atomic E-state index is 0.0865. The maximum Gasteiger partial charge on any atom is 0.220 e. The molecule has 0 aliphatic carbocycles. The molecule has 0 saturated carbocycles. The second-order valence-electron chi connectivity index (χ2n) is 6.11. The zero-order chi connectivity index (χ0) is 15.6. The standard InChI is InChI=1S/C19H22N2O/c1-21-13-12-15(18(20)22)14-19(21,16-8-4-2-5-9-16)17-10-6-3-7-11-17/h2-11,15H,12-14H2,1H3,(H2,20,22). The lowest BCUT2D eigenvalue weighted by molar-refractivity contribution is -0.124. The molecule has 1 unspecified atom stereocenters. The van der Waals surface area contributed by atoms with Crippen LogP contribution in [0.15, 0.2) is 60.7 Å². The number of piperidine rings is 1. The molecule has 1 aliphatic rings. The van der Waals surface area contributed by atoms with Crippen LogP contribution in [0.2, 0.25) is 0 Å². The highest BCUT2D eigenvalue weighted by atomic mass is 16.1. The quantitative estimate of drug-likeness (QED) is 0.946. The first-order valence-electron chi connectivity index (χ1n) is 7.76. The van der Waals surface area contributed by atoms with E-state index in [0.29, 0.717) is 0 Å². The number of benzene rings is 2. The fraction of sp³-hybridized carbons (Fsp3) is 0.316. The van der Waals surface area contributed by atoms with Gasteiger partial charge < -0.3 is 5.73 Å². The van der Waals surface area contributed by atoms with Crippen LogP contribution in [-0.2, 0) is 10.3 Å². The molecule has 1 fully saturated rings. The first-order chi connectivity index (χ1) is 10.6. The fourth-order valence-electron chi connectivity index (χ4n) is 3.67. The van der Waals surface area contributed by atoms with Gasteiger partial charge >= 0.3 is 0 Å². The van der Waals surface area contributed by atoms with Crippen LogP contribution in [0, 0.1) is 5.92 Å². The Morgan fingerprint density at radius 2 is 1.55 bits per heavy atom. The summed E-state index contributed by atoms with van der Waals surface area (Å²) in [5.74, 6) is -0.277. The normalized spacial score (nSPS) is 21.4. The van der Waals surface area contributed by atoms with Gasteiger partial charge in [0.25, 0.3) is 0 Å².